The number of halogens is 1. The van der Waals surface area contributed by atoms with Crippen molar-refractivity contribution >= 4 is 35.6 Å². The maximum Gasteiger partial charge on any atom is 0.190 e. The van der Waals surface area contributed by atoms with E-state index in [-0.39, 0.29) is 24.0 Å². The van der Waals surface area contributed by atoms with Crippen LogP contribution in [0, 0.1) is 11.8 Å². The van der Waals surface area contributed by atoms with Gasteiger partial charge < -0.3 is 20.3 Å². The molecule has 1 unspecified atom stereocenters. The van der Waals surface area contributed by atoms with Gasteiger partial charge in [-0.15, -0.1) is 24.0 Å². The third-order valence-electron chi connectivity index (χ3n) is 4.17. The Balaban J connectivity index is 0.00000288. The van der Waals surface area contributed by atoms with Crippen LogP contribution in [0.15, 0.2) is 29.3 Å². The highest BCUT2D eigenvalue weighted by Gasteiger charge is 2.24. The summed E-state index contributed by atoms with van der Waals surface area (Å²) in [6, 6.07) is 8.25. The van der Waals surface area contributed by atoms with Crippen LogP contribution in [0.25, 0.3) is 0 Å². The van der Waals surface area contributed by atoms with Crippen LogP contribution < -0.4 is 20.3 Å². The Morgan fingerprint density at radius 1 is 1.33 bits per heavy atom. The third kappa shape index (κ3) is 6.03. The van der Waals surface area contributed by atoms with Gasteiger partial charge in [0, 0.05) is 33.2 Å². The lowest BCUT2D eigenvalue weighted by atomic mass is 10.1. The minimum Gasteiger partial charge on any atom is -0.495 e. The molecule has 1 atom stereocenters. The van der Waals surface area contributed by atoms with E-state index in [1.165, 1.54) is 12.1 Å². The Morgan fingerprint density at radius 3 is 2.75 bits per heavy atom. The van der Waals surface area contributed by atoms with Gasteiger partial charge in [-0.05, 0) is 30.4 Å². The molecule has 1 aliphatic rings. The molecule has 0 bridgehead atoms. The largest absolute Gasteiger partial charge is 0.495 e. The summed E-state index contributed by atoms with van der Waals surface area (Å²) in [6.07, 6.45) is 1.19. The number of hydrogen-bond acceptors (Lipinski definition) is 3. The van der Waals surface area contributed by atoms with Gasteiger partial charge in [0.05, 0.1) is 12.8 Å². The lowest BCUT2D eigenvalue weighted by Gasteiger charge is -2.21. The van der Waals surface area contributed by atoms with E-state index >= 15 is 0 Å². The highest BCUT2D eigenvalue weighted by atomic mass is 127. The average Bonchev–Trinajstić information content (AvgIpc) is 3.03. The fourth-order valence-electron chi connectivity index (χ4n) is 2.87. The van der Waals surface area contributed by atoms with Gasteiger partial charge in [0.25, 0.3) is 0 Å². The van der Waals surface area contributed by atoms with Crippen LogP contribution in [0.2, 0.25) is 0 Å². The molecule has 1 aromatic rings. The van der Waals surface area contributed by atoms with Crippen molar-refractivity contribution in [2.75, 3.05) is 45.2 Å². The average molecular weight is 446 g/mol. The quantitative estimate of drug-likeness (QED) is 0.401. The second kappa shape index (κ2) is 10.6. The number of ether oxygens (including phenoxy) is 1. The minimum absolute atomic E-state index is 0. The van der Waals surface area contributed by atoms with Crippen LogP contribution in [-0.4, -0.2) is 46.3 Å². The van der Waals surface area contributed by atoms with E-state index in [4.69, 9.17) is 4.74 Å². The highest BCUT2D eigenvalue weighted by molar-refractivity contribution is 14.0. The fraction of sp³-hybridized carbons (Fsp3) is 0.611. The van der Waals surface area contributed by atoms with Crippen LogP contribution in [0.5, 0.6) is 5.75 Å². The molecule has 0 aliphatic carbocycles. The summed E-state index contributed by atoms with van der Waals surface area (Å²) in [7, 11) is 3.56. The summed E-state index contributed by atoms with van der Waals surface area (Å²) < 4.78 is 5.48. The van der Waals surface area contributed by atoms with Crippen molar-refractivity contribution in [1.29, 1.82) is 0 Å². The predicted molar refractivity (Wildman–Crippen MR) is 113 cm³/mol. The summed E-state index contributed by atoms with van der Waals surface area (Å²) in [6.45, 7) is 8.41. The smallest absolute Gasteiger partial charge is 0.190 e. The number of aliphatic imine (C=N–C) groups is 1. The van der Waals surface area contributed by atoms with Crippen molar-refractivity contribution in [2.24, 2.45) is 16.8 Å². The first kappa shape index (κ1) is 20.9. The molecule has 0 aromatic heterocycles. The summed E-state index contributed by atoms with van der Waals surface area (Å²) in [5.41, 5.74) is 1.19. The molecule has 136 valence electrons. The van der Waals surface area contributed by atoms with Crippen molar-refractivity contribution in [3.8, 4) is 5.75 Å². The van der Waals surface area contributed by atoms with Gasteiger partial charge in [-0.2, -0.15) is 0 Å². The molecule has 2 rings (SSSR count). The minimum atomic E-state index is 0. The number of hydrogen-bond donors (Lipinski definition) is 2. The van der Waals surface area contributed by atoms with E-state index in [9.17, 15) is 0 Å². The fourth-order valence-corrected chi connectivity index (χ4v) is 2.87. The van der Waals surface area contributed by atoms with E-state index in [0.717, 1.165) is 37.9 Å². The number of nitrogens with zero attached hydrogens (tertiary/aromatic N) is 2. The van der Waals surface area contributed by atoms with Crippen molar-refractivity contribution in [2.45, 2.75) is 20.3 Å². The predicted octanol–water partition coefficient (Wildman–Crippen LogP) is 2.96. The van der Waals surface area contributed by atoms with E-state index in [1.807, 2.05) is 19.2 Å². The Labute approximate surface area is 163 Å². The molecular weight excluding hydrogens is 415 g/mol. The Hall–Kier alpha value is -1.18. The van der Waals surface area contributed by atoms with E-state index in [0.29, 0.717) is 11.8 Å². The van der Waals surface area contributed by atoms with Crippen LogP contribution in [0.4, 0.5) is 5.69 Å². The molecule has 2 N–H and O–H groups in total. The summed E-state index contributed by atoms with van der Waals surface area (Å²) in [5.74, 6) is 3.09. The number of anilines is 1. The van der Waals surface area contributed by atoms with Gasteiger partial charge in [0.1, 0.15) is 5.75 Å². The monoisotopic (exact) mass is 446 g/mol. The van der Waals surface area contributed by atoms with Crippen molar-refractivity contribution in [1.82, 2.24) is 10.6 Å². The normalized spacial score (nSPS) is 17.6. The van der Waals surface area contributed by atoms with Gasteiger partial charge in [0.15, 0.2) is 5.96 Å². The maximum absolute atomic E-state index is 5.48. The van der Waals surface area contributed by atoms with Gasteiger partial charge in [-0.1, -0.05) is 26.0 Å². The van der Waals surface area contributed by atoms with Crippen LogP contribution in [0.1, 0.15) is 20.3 Å². The molecular formula is C18H31IN4O. The summed E-state index contributed by atoms with van der Waals surface area (Å²) in [4.78, 5) is 6.70. The number of guanidine groups is 1. The molecule has 0 saturated carbocycles. The number of methoxy groups -OCH3 is 1. The zero-order valence-corrected chi connectivity index (χ0v) is 17.5. The molecule has 1 fully saturated rings. The zero-order chi connectivity index (χ0) is 16.7. The zero-order valence-electron chi connectivity index (χ0n) is 15.2. The van der Waals surface area contributed by atoms with E-state index in [2.05, 4.69) is 46.5 Å². The maximum atomic E-state index is 5.48. The molecule has 24 heavy (non-hydrogen) atoms. The van der Waals surface area contributed by atoms with Gasteiger partial charge in [0.2, 0.25) is 0 Å². The third-order valence-corrected chi connectivity index (χ3v) is 4.17. The molecule has 1 saturated heterocycles. The summed E-state index contributed by atoms with van der Waals surface area (Å²) in [5, 5.41) is 6.81. The van der Waals surface area contributed by atoms with E-state index in [1.54, 1.807) is 7.11 Å². The Morgan fingerprint density at radius 2 is 2.08 bits per heavy atom. The summed E-state index contributed by atoms with van der Waals surface area (Å²) >= 11 is 0. The van der Waals surface area contributed by atoms with Gasteiger partial charge in [-0.25, -0.2) is 0 Å². The molecule has 1 heterocycles. The standard InChI is InChI=1S/C18H30N4O.HI/c1-14(2)11-20-18(19-3)21-12-15-9-10-22(13-15)16-7-5-6-8-17(16)23-4;/h5-8,14-15H,9-13H2,1-4H3,(H2,19,20,21);1H. The topological polar surface area (TPSA) is 48.9 Å². The number of para-hydroxylation sites is 2. The molecule has 1 aliphatic heterocycles. The van der Waals surface area contributed by atoms with Gasteiger partial charge >= 0.3 is 0 Å². The van der Waals surface area contributed by atoms with Crippen LogP contribution in [-0.2, 0) is 0 Å². The van der Waals surface area contributed by atoms with Crippen molar-refractivity contribution in [3.63, 3.8) is 0 Å². The first-order valence-electron chi connectivity index (χ1n) is 8.46. The number of rotatable bonds is 6. The molecule has 5 nitrogen and oxygen atoms in total. The second-order valence-corrected chi connectivity index (χ2v) is 6.50. The van der Waals surface area contributed by atoms with Crippen molar-refractivity contribution < 1.29 is 4.74 Å². The molecule has 0 amide bonds. The number of benzene rings is 1. The lowest BCUT2D eigenvalue weighted by molar-refractivity contribution is 0.414. The molecule has 1 aromatic carbocycles. The van der Waals surface area contributed by atoms with Crippen LogP contribution >= 0.6 is 24.0 Å². The van der Waals surface area contributed by atoms with Crippen LogP contribution in [0.3, 0.4) is 0 Å². The van der Waals surface area contributed by atoms with Crippen molar-refractivity contribution in [3.05, 3.63) is 24.3 Å². The SMILES string of the molecule is CN=C(NCC(C)C)NCC1CCN(c2ccccc2OC)C1.I. The first-order chi connectivity index (χ1) is 11.1. The Bertz CT molecular complexity index is 521. The second-order valence-electron chi connectivity index (χ2n) is 6.50. The number of nitrogens with one attached hydrogen (secondary N) is 2. The Kier molecular flexibility index (Phi) is 9.25. The molecule has 6 heteroatoms. The lowest BCUT2D eigenvalue weighted by Crippen LogP contribution is -2.41. The first-order valence-corrected chi connectivity index (χ1v) is 8.46. The molecule has 0 radical (unpaired) electrons. The highest BCUT2D eigenvalue weighted by Crippen LogP contribution is 2.31. The molecule has 0 spiro atoms. The van der Waals surface area contributed by atoms with Gasteiger partial charge in [-0.3, -0.25) is 4.99 Å². The van der Waals surface area contributed by atoms with E-state index < -0.39 is 0 Å².